The Bertz CT molecular complexity index is 931. The van der Waals surface area contributed by atoms with Gasteiger partial charge in [0.25, 0.3) is 0 Å². The summed E-state index contributed by atoms with van der Waals surface area (Å²) in [6.45, 7) is 3.68. The molecule has 0 aromatic heterocycles. The second kappa shape index (κ2) is 41.2. The van der Waals surface area contributed by atoms with Gasteiger partial charge in [-0.15, -0.1) is 0 Å². The molecule has 0 unspecified atom stereocenters. The quantitative estimate of drug-likeness (QED) is 0.0272. The van der Waals surface area contributed by atoms with E-state index in [0.717, 1.165) is 57.8 Å². The molecule has 0 aliphatic heterocycles. The molecule has 0 rings (SSSR count). The summed E-state index contributed by atoms with van der Waals surface area (Å²) in [5.74, 6) is -0.882. The molecule has 318 valence electrons. The molecule has 0 aromatic rings. The van der Waals surface area contributed by atoms with Crippen LogP contribution in [0.5, 0.6) is 0 Å². The van der Waals surface area contributed by atoms with Crippen molar-refractivity contribution >= 4 is 19.8 Å². The molecule has 0 aromatic carbocycles. The highest BCUT2D eigenvalue weighted by Gasteiger charge is 2.23. The smallest absolute Gasteiger partial charge is 0.462 e. The predicted molar refractivity (Wildman–Crippen MR) is 225 cm³/mol. The molecular formula is C45H85O8P. The molecule has 0 fully saturated rings. The molecule has 0 saturated heterocycles. The van der Waals surface area contributed by atoms with Crippen LogP contribution in [0, 0.1) is 0 Å². The average molecular weight is 785 g/mol. The van der Waals surface area contributed by atoms with Gasteiger partial charge in [-0.25, -0.2) is 4.57 Å². The number of unbranched alkanes of at least 4 members (excludes halogenated alkanes) is 28. The lowest BCUT2D eigenvalue weighted by Gasteiger charge is -2.18. The van der Waals surface area contributed by atoms with E-state index in [1.54, 1.807) is 0 Å². The Morgan fingerprint density at radius 2 is 0.833 bits per heavy atom. The molecule has 0 radical (unpaired) electrons. The van der Waals surface area contributed by atoms with Gasteiger partial charge in [-0.3, -0.25) is 14.1 Å². The van der Waals surface area contributed by atoms with Crippen molar-refractivity contribution in [1.82, 2.24) is 0 Å². The largest absolute Gasteiger partial charge is 0.469 e. The topological polar surface area (TPSA) is 119 Å². The lowest BCUT2D eigenvalue weighted by atomic mass is 10.0. The Kier molecular flexibility index (Phi) is 40.1. The molecule has 54 heavy (non-hydrogen) atoms. The molecule has 0 aliphatic carbocycles. The number of ether oxygens (including phenoxy) is 2. The number of rotatable bonds is 42. The number of phosphoric acid groups is 1. The van der Waals surface area contributed by atoms with Gasteiger partial charge < -0.3 is 19.3 Å². The van der Waals surface area contributed by atoms with Crippen molar-refractivity contribution in [3.63, 3.8) is 0 Å². The monoisotopic (exact) mass is 785 g/mol. The average Bonchev–Trinajstić information content (AvgIpc) is 3.14. The zero-order valence-corrected chi connectivity index (χ0v) is 36.0. The van der Waals surface area contributed by atoms with Crippen molar-refractivity contribution in [3.8, 4) is 0 Å². The fourth-order valence-electron chi connectivity index (χ4n) is 6.58. The number of phosphoric ester groups is 1. The Morgan fingerprint density at radius 1 is 0.481 bits per heavy atom. The maximum atomic E-state index is 12.4. The zero-order chi connectivity index (χ0) is 39.6. The number of allylic oxidation sites excluding steroid dienone is 4. The summed E-state index contributed by atoms with van der Waals surface area (Å²) < 4.78 is 26.4. The van der Waals surface area contributed by atoms with Gasteiger partial charge in [0, 0.05) is 12.8 Å². The summed E-state index contributed by atoms with van der Waals surface area (Å²) in [6, 6.07) is 0. The van der Waals surface area contributed by atoms with Gasteiger partial charge in [0.15, 0.2) is 6.10 Å². The molecule has 0 heterocycles. The Morgan fingerprint density at radius 3 is 1.26 bits per heavy atom. The molecule has 8 nitrogen and oxygen atoms in total. The molecule has 2 N–H and O–H groups in total. The van der Waals surface area contributed by atoms with Crippen molar-refractivity contribution in [3.05, 3.63) is 24.3 Å². The SMILES string of the molecule is CCCCC/C=C/C/C=C/CCCCCCCCCC(=O)OC[C@H](COP(=O)(O)O)OC(=O)CCCCCCCCCCCCCCCCCCCCC. The lowest BCUT2D eigenvalue weighted by Crippen LogP contribution is -2.29. The van der Waals surface area contributed by atoms with Crippen LogP contribution in [-0.4, -0.2) is 41.0 Å². The van der Waals surface area contributed by atoms with E-state index in [9.17, 15) is 14.2 Å². The molecule has 1 atom stereocenters. The highest BCUT2D eigenvalue weighted by Crippen LogP contribution is 2.36. The maximum absolute atomic E-state index is 12.4. The van der Waals surface area contributed by atoms with Gasteiger partial charge >= 0.3 is 19.8 Å². The summed E-state index contributed by atoms with van der Waals surface area (Å²) in [5.41, 5.74) is 0. The third-order valence-electron chi connectivity index (χ3n) is 9.97. The van der Waals surface area contributed by atoms with Crippen molar-refractivity contribution in [2.24, 2.45) is 0 Å². The first kappa shape index (κ1) is 52.5. The van der Waals surface area contributed by atoms with Crippen LogP contribution in [0.15, 0.2) is 24.3 Å². The van der Waals surface area contributed by atoms with E-state index < -0.39 is 32.5 Å². The van der Waals surface area contributed by atoms with E-state index >= 15 is 0 Å². The molecule has 0 bridgehead atoms. The normalized spacial score (nSPS) is 12.6. The fourth-order valence-corrected chi connectivity index (χ4v) is 6.94. The summed E-state index contributed by atoms with van der Waals surface area (Å²) in [7, 11) is -4.75. The van der Waals surface area contributed by atoms with Crippen molar-refractivity contribution in [1.29, 1.82) is 0 Å². The lowest BCUT2D eigenvalue weighted by molar-refractivity contribution is -0.161. The van der Waals surface area contributed by atoms with Gasteiger partial charge in [0.1, 0.15) is 6.61 Å². The second-order valence-corrected chi connectivity index (χ2v) is 16.6. The van der Waals surface area contributed by atoms with Crippen LogP contribution >= 0.6 is 7.82 Å². The summed E-state index contributed by atoms with van der Waals surface area (Å²) in [5, 5.41) is 0. The van der Waals surface area contributed by atoms with E-state index in [1.807, 2.05) is 0 Å². The minimum Gasteiger partial charge on any atom is -0.462 e. The van der Waals surface area contributed by atoms with Crippen LogP contribution in [0.25, 0.3) is 0 Å². The Hall–Kier alpha value is -1.47. The molecule has 0 spiro atoms. The van der Waals surface area contributed by atoms with Crippen LogP contribution in [0.1, 0.15) is 232 Å². The van der Waals surface area contributed by atoms with Gasteiger partial charge in [0.05, 0.1) is 6.61 Å². The maximum Gasteiger partial charge on any atom is 0.469 e. The Balaban J connectivity index is 3.86. The Labute approximate surface area is 332 Å². The molecular weight excluding hydrogens is 699 g/mol. The predicted octanol–water partition coefficient (Wildman–Crippen LogP) is 14.0. The van der Waals surface area contributed by atoms with E-state index in [0.29, 0.717) is 6.42 Å². The summed E-state index contributed by atoms with van der Waals surface area (Å²) >= 11 is 0. The van der Waals surface area contributed by atoms with E-state index in [1.165, 1.54) is 141 Å². The number of esters is 2. The first-order valence-electron chi connectivity index (χ1n) is 22.6. The van der Waals surface area contributed by atoms with Crippen molar-refractivity contribution in [2.45, 2.75) is 238 Å². The third-order valence-corrected chi connectivity index (χ3v) is 10.5. The summed E-state index contributed by atoms with van der Waals surface area (Å²) in [6.07, 6.45) is 47.5. The van der Waals surface area contributed by atoms with Gasteiger partial charge in [0.2, 0.25) is 0 Å². The first-order valence-corrected chi connectivity index (χ1v) is 24.2. The number of hydrogen-bond acceptors (Lipinski definition) is 6. The molecule has 0 amide bonds. The number of carbonyl (C=O) groups excluding carboxylic acids is 2. The first-order chi connectivity index (χ1) is 26.3. The fraction of sp³-hybridized carbons (Fsp3) is 0.867. The zero-order valence-electron chi connectivity index (χ0n) is 35.1. The van der Waals surface area contributed by atoms with E-state index in [-0.39, 0.29) is 19.4 Å². The van der Waals surface area contributed by atoms with Crippen LogP contribution in [0.3, 0.4) is 0 Å². The highest BCUT2D eigenvalue weighted by molar-refractivity contribution is 7.46. The molecule has 0 saturated carbocycles. The van der Waals surface area contributed by atoms with E-state index in [4.69, 9.17) is 19.3 Å². The van der Waals surface area contributed by atoms with Crippen LogP contribution in [0.4, 0.5) is 0 Å². The third kappa shape index (κ3) is 43.3. The number of carbonyl (C=O) groups is 2. The standard InChI is InChI=1S/C45H85O8P/c1-3-5-7-9-11-13-15-17-19-21-22-24-26-28-30-32-34-36-38-40-45(47)53-43(42-52-54(48,49)50)41-51-44(46)39-37-35-33-31-29-27-25-23-20-18-16-14-12-10-8-6-4-2/h12,14,18,20,43H,3-11,13,15-17,19,21-42H2,1-2H3,(H2,48,49,50)/b14-12+,20-18+/t43-/m1/s1. The van der Waals surface area contributed by atoms with Crippen molar-refractivity contribution in [2.75, 3.05) is 13.2 Å². The van der Waals surface area contributed by atoms with Gasteiger partial charge in [-0.05, 0) is 44.9 Å². The number of hydrogen-bond donors (Lipinski definition) is 2. The van der Waals surface area contributed by atoms with Crippen LogP contribution in [0.2, 0.25) is 0 Å². The minimum absolute atomic E-state index is 0.215. The van der Waals surface area contributed by atoms with Crippen LogP contribution in [-0.2, 0) is 28.2 Å². The van der Waals surface area contributed by atoms with Crippen molar-refractivity contribution < 1.29 is 37.9 Å². The van der Waals surface area contributed by atoms with E-state index in [2.05, 4.69) is 42.7 Å². The minimum atomic E-state index is -4.75. The van der Waals surface area contributed by atoms with Gasteiger partial charge in [-0.1, -0.05) is 199 Å². The van der Waals surface area contributed by atoms with Crippen LogP contribution < -0.4 is 0 Å². The summed E-state index contributed by atoms with van der Waals surface area (Å²) in [4.78, 5) is 42.9. The molecule has 0 aliphatic rings. The molecule has 9 heteroatoms. The van der Waals surface area contributed by atoms with Gasteiger partial charge in [-0.2, -0.15) is 0 Å². The second-order valence-electron chi connectivity index (χ2n) is 15.4. The highest BCUT2D eigenvalue weighted by atomic mass is 31.2.